The van der Waals surface area contributed by atoms with Gasteiger partial charge in [0.15, 0.2) is 0 Å². The van der Waals surface area contributed by atoms with Gasteiger partial charge in [-0.15, -0.1) is 0 Å². The molecule has 0 atom stereocenters. The Morgan fingerprint density at radius 2 is 1.75 bits per heavy atom. The average molecular weight is 397 g/mol. The quantitative estimate of drug-likeness (QED) is 0.587. The van der Waals surface area contributed by atoms with Gasteiger partial charge in [0.05, 0.1) is 23.3 Å². The number of benzene rings is 2. The molecule has 3 rings (SSSR count). The number of carbonyl (C=O) groups is 1. The number of nitrogens with one attached hydrogen (secondary N) is 1. The number of ether oxygens (including phenoxy) is 1. The van der Waals surface area contributed by atoms with Crippen molar-refractivity contribution in [3.63, 3.8) is 0 Å². The minimum absolute atomic E-state index is 0.0485. The van der Waals surface area contributed by atoms with E-state index in [1.807, 2.05) is 36.4 Å². The fourth-order valence-corrected chi connectivity index (χ4v) is 3.38. The van der Waals surface area contributed by atoms with Gasteiger partial charge in [0.2, 0.25) is 10.0 Å². The molecule has 1 aromatic heterocycles. The average Bonchev–Trinajstić information content (AvgIpc) is 3.24. The molecule has 1 N–H and O–H groups in total. The van der Waals surface area contributed by atoms with Gasteiger partial charge in [0, 0.05) is 0 Å². The van der Waals surface area contributed by atoms with Crippen LogP contribution in [0.5, 0.6) is 0 Å². The summed E-state index contributed by atoms with van der Waals surface area (Å²) in [5.74, 6) is -0.0162. The molecule has 0 saturated heterocycles. The maximum Gasteiger partial charge on any atom is 0.338 e. The van der Waals surface area contributed by atoms with Crippen LogP contribution in [0.15, 0.2) is 88.4 Å². The molecule has 0 aliphatic carbocycles. The Bertz CT molecular complexity index is 1020. The van der Waals surface area contributed by atoms with E-state index in [1.54, 1.807) is 18.2 Å². The van der Waals surface area contributed by atoms with Crippen molar-refractivity contribution in [1.82, 2.24) is 4.72 Å². The molecule has 6 nitrogen and oxygen atoms in total. The zero-order chi connectivity index (χ0) is 19.8. The fourth-order valence-electron chi connectivity index (χ4n) is 2.39. The Labute approximate surface area is 163 Å². The van der Waals surface area contributed by atoms with Gasteiger partial charge in [-0.05, 0) is 48.0 Å². The molecule has 0 bridgehead atoms. The SMILES string of the molecule is O=C(OC/C=C/c1ccccc1)c1ccc(S(=O)(=O)NCc2ccco2)cc1. The van der Waals surface area contributed by atoms with E-state index >= 15 is 0 Å². The smallest absolute Gasteiger partial charge is 0.338 e. The van der Waals surface area contributed by atoms with E-state index < -0.39 is 16.0 Å². The molecule has 144 valence electrons. The number of esters is 1. The summed E-state index contributed by atoms with van der Waals surface area (Å²) in [5, 5.41) is 0. The molecular formula is C21H19NO5S. The molecule has 0 saturated carbocycles. The molecule has 0 aliphatic rings. The van der Waals surface area contributed by atoms with E-state index in [0.29, 0.717) is 5.76 Å². The third-order valence-electron chi connectivity index (χ3n) is 3.84. The van der Waals surface area contributed by atoms with E-state index in [-0.39, 0.29) is 23.6 Å². The van der Waals surface area contributed by atoms with Gasteiger partial charge < -0.3 is 9.15 Å². The van der Waals surface area contributed by atoms with E-state index in [4.69, 9.17) is 9.15 Å². The molecular weight excluding hydrogens is 378 g/mol. The Morgan fingerprint density at radius 3 is 2.43 bits per heavy atom. The van der Waals surface area contributed by atoms with Gasteiger partial charge in [-0.2, -0.15) is 0 Å². The summed E-state index contributed by atoms with van der Waals surface area (Å²) < 4.78 is 37.3. The standard InChI is InChI=1S/C21H19NO5S/c23-21(27-15-4-8-17-6-2-1-3-7-17)18-10-12-20(13-11-18)28(24,25)22-16-19-9-5-14-26-19/h1-14,22H,15-16H2/b8-4+. The maximum absolute atomic E-state index is 12.3. The summed E-state index contributed by atoms with van der Waals surface area (Å²) in [5.41, 5.74) is 1.29. The van der Waals surface area contributed by atoms with Gasteiger partial charge in [0.1, 0.15) is 12.4 Å². The first-order valence-electron chi connectivity index (χ1n) is 8.55. The van der Waals surface area contributed by atoms with Gasteiger partial charge in [-0.1, -0.05) is 36.4 Å². The van der Waals surface area contributed by atoms with Gasteiger partial charge >= 0.3 is 5.97 Å². The van der Waals surface area contributed by atoms with Gasteiger partial charge in [-0.25, -0.2) is 17.9 Å². The van der Waals surface area contributed by atoms with Crippen LogP contribution < -0.4 is 4.72 Å². The van der Waals surface area contributed by atoms with Crippen LogP contribution in [-0.4, -0.2) is 21.0 Å². The molecule has 0 radical (unpaired) electrons. The molecule has 1 heterocycles. The van der Waals surface area contributed by atoms with Gasteiger partial charge in [0.25, 0.3) is 0 Å². The monoisotopic (exact) mass is 397 g/mol. The van der Waals surface area contributed by atoms with Crippen LogP contribution in [-0.2, 0) is 21.3 Å². The zero-order valence-electron chi connectivity index (χ0n) is 14.9. The number of carbonyl (C=O) groups excluding carboxylic acids is 1. The van der Waals surface area contributed by atoms with Gasteiger partial charge in [-0.3, -0.25) is 0 Å². The first-order valence-corrected chi connectivity index (χ1v) is 10.0. The maximum atomic E-state index is 12.3. The Hall–Kier alpha value is -3.16. The second-order valence-electron chi connectivity index (χ2n) is 5.84. The molecule has 0 spiro atoms. The largest absolute Gasteiger partial charge is 0.468 e. The molecule has 0 fully saturated rings. The van der Waals surface area contributed by atoms with Crippen molar-refractivity contribution < 1.29 is 22.4 Å². The molecule has 0 amide bonds. The highest BCUT2D eigenvalue weighted by Crippen LogP contribution is 2.12. The van der Waals surface area contributed by atoms with Crippen LogP contribution in [0.1, 0.15) is 21.7 Å². The van der Waals surface area contributed by atoms with E-state index in [0.717, 1.165) is 5.56 Å². The van der Waals surface area contributed by atoms with Crippen molar-refractivity contribution in [2.45, 2.75) is 11.4 Å². The lowest BCUT2D eigenvalue weighted by atomic mass is 10.2. The lowest BCUT2D eigenvalue weighted by Gasteiger charge is -2.07. The summed E-state index contributed by atoms with van der Waals surface area (Å²) >= 11 is 0. The summed E-state index contributed by atoms with van der Waals surface area (Å²) in [4.78, 5) is 12.1. The second-order valence-corrected chi connectivity index (χ2v) is 7.61. The number of rotatable bonds is 8. The lowest BCUT2D eigenvalue weighted by Crippen LogP contribution is -2.23. The van der Waals surface area contributed by atoms with E-state index in [2.05, 4.69) is 4.72 Å². The number of hydrogen-bond donors (Lipinski definition) is 1. The summed E-state index contributed by atoms with van der Waals surface area (Å²) in [6.07, 6.45) is 5.07. The van der Waals surface area contributed by atoms with Crippen LogP contribution in [0.2, 0.25) is 0 Å². The minimum Gasteiger partial charge on any atom is -0.468 e. The number of sulfonamides is 1. The van der Waals surface area contributed by atoms with Crippen LogP contribution >= 0.6 is 0 Å². The van der Waals surface area contributed by atoms with Crippen LogP contribution in [0.3, 0.4) is 0 Å². The molecule has 3 aromatic rings. The van der Waals surface area contributed by atoms with Crippen molar-refractivity contribution in [1.29, 1.82) is 0 Å². The molecule has 28 heavy (non-hydrogen) atoms. The number of furan rings is 1. The predicted molar refractivity (Wildman–Crippen MR) is 105 cm³/mol. The van der Waals surface area contributed by atoms with Crippen LogP contribution in [0.4, 0.5) is 0 Å². The molecule has 7 heteroatoms. The third kappa shape index (κ3) is 5.42. The Morgan fingerprint density at radius 1 is 1.00 bits per heavy atom. The summed E-state index contributed by atoms with van der Waals surface area (Å²) in [6, 6.07) is 18.6. The number of hydrogen-bond acceptors (Lipinski definition) is 5. The molecule has 0 aliphatic heterocycles. The normalized spacial score (nSPS) is 11.6. The Kier molecular flexibility index (Phi) is 6.41. The van der Waals surface area contributed by atoms with Crippen molar-refractivity contribution >= 4 is 22.1 Å². The zero-order valence-corrected chi connectivity index (χ0v) is 15.8. The minimum atomic E-state index is -3.70. The van der Waals surface area contributed by atoms with Crippen LogP contribution in [0.25, 0.3) is 6.08 Å². The lowest BCUT2D eigenvalue weighted by molar-refractivity contribution is 0.0550. The molecule has 0 unspecified atom stereocenters. The fraction of sp³-hybridized carbons (Fsp3) is 0.0952. The van der Waals surface area contributed by atoms with Crippen molar-refractivity contribution in [2.75, 3.05) is 6.61 Å². The first kappa shape index (κ1) is 19.6. The van der Waals surface area contributed by atoms with Crippen molar-refractivity contribution in [3.05, 3.63) is 96.0 Å². The second kappa shape index (κ2) is 9.16. The van der Waals surface area contributed by atoms with Crippen molar-refractivity contribution in [2.24, 2.45) is 0 Å². The van der Waals surface area contributed by atoms with Crippen molar-refractivity contribution in [3.8, 4) is 0 Å². The third-order valence-corrected chi connectivity index (χ3v) is 5.25. The highest BCUT2D eigenvalue weighted by molar-refractivity contribution is 7.89. The Balaban J connectivity index is 1.54. The summed E-state index contributed by atoms with van der Waals surface area (Å²) in [6.45, 7) is 0.172. The van der Waals surface area contributed by atoms with E-state index in [9.17, 15) is 13.2 Å². The highest BCUT2D eigenvalue weighted by Gasteiger charge is 2.15. The first-order chi connectivity index (χ1) is 13.5. The summed E-state index contributed by atoms with van der Waals surface area (Å²) in [7, 11) is -3.70. The van der Waals surface area contributed by atoms with E-state index in [1.165, 1.54) is 30.5 Å². The highest BCUT2D eigenvalue weighted by atomic mass is 32.2. The van der Waals surface area contributed by atoms with Crippen LogP contribution in [0, 0.1) is 0 Å². The predicted octanol–water partition coefficient (Wildman–Crippen LogP) is 3.63. The molecule has 2 aromatic carbocycles. The topological polar surface area (TPSA) is 85.6 Å².